The van der Waals surface area contributed by atoms with Gasteiger partial charge in [-0.15, -0.1) is 22.9 Å². The lowest BCUT2D eigenvalue weighted by Crippen LogP contribution is -2.46. The minimum atomic E-state index is 0.162. The van der Waals surface area contributed by atoms with Gasteiger partial charge in [0.25, 0.3) is 0 Å². The molecule has 2 atom stereocenters. The Morgan fingerprint density at radius 3 is 3.20 bits per heavy atom. The van der Waals surface area contributed by atoms with Crippen LogP contribution in [-0.2, 0) is 11.3 Å². The zero-order chi connectivity index (χ0) is 10.7. The van der Waals surface area contributed by atoms with Crippen molar-refractivity contribution in [3.63, 3.8) is 0 Å². The summed E-state index contributed by atoms with van der Waals surface area (Å²) in [5.74, 6) is 0.568. The van der Waals surface area contributed by atoms with E-state index in [0.717, 1.165) is 24.6 Å². The van der Waals surface area contributed by atoms with Gasteiger partial charge in [-0.1, -0.05) is 0 Å². The van der Waals surface area contributed by atoms with Crippen LogP contribution < -0.4 is 0 Å². The molecular formula is C10H15ClN2OS. The highest BCUT2D eigenvalue weighted by Crippen LogP contribution is 2.16. The number of hydrogen-bond donors (Lipinski definition) is 0. The summed E-state index contributed by atoms with van der Waals surface area (Å²) in [5.41, 5.74) is 0. The number of thiazole rings is 1. The Bertz CT molecular complexity index is 294. The smallest absolute Gasteiger partial charge is 0.107 e. The fourth-order valence-corrected chi connectivity index (χ4v) is 2.71. The van der Waals surface area contributed by atoms with Crippen LogP contribution in [0.1, 0.15) is 11.9 Å². The quantitative estimate of drug-likeness (QED) is 0.763. The molecule has 2 rings (SSSR count). The molecule has 0 amide bonds. The number of hydrogen-bond acceptors (Lipinski definition) is 4. The number of morpholine rings is 1. The van der Waals surface area contributed by atoms with Crippen molar-refractivity contribution in [3.05, 3.63) is 16.6 Å². The van der Waals surface area contributed by atoms with Crippen LogP contribution in [0.5, 0.6) is 0 Å². The fraction of sp³-hybridized carbons (Fsp3) is 0.700. The molecule has 1 fully saturated rings. The lowest BCUT2D eigenvalue weighted by atomic mass is 10.2. The predicted octanol–water partition coefficient (Wildman–Crippen LogP) is 1.97. The Kier molecular flexibility index (Phi) is 3.97. The van der Waals surface area contributed by atoms with E-state index in [9.17, 15) is 0 Å². The molecule has 1 aliphatic heterocycles. The maximum absolute atomic E-state index is 5.83. The zero-order valence-electron chi connectivity index (χ0n) is 8.73. The van der Waals surface area contributed by atoms with E-state index in [1.165, 1.54) is 0 Å². The molecule has 0 bridgehead atoms. The molecule has 2 unspecified atom stereocenters. The summed E-state index contributed by atoms with van der Waals surface area (Å²) in [5, 5.41) is 3.18. The van der Waals surface area contributed by atoms with Gasteiger partial charge in [0.2, 0.25) is 0 Å². The van der Waals surface area contributed by atoms with Crippen LogP contribution in [0.15, 0.2) is 11.6 Å². The van der Waals surface area contributed by atoms with Crippen LogP contribution >= 0.6 is 22.9 Å². The largest absolute Gasteiger partial charge is 0.371 e. The van der Waals surface area contributed by atoms with E-state index in [2.05, 4.69) is 16.8 Å². The summed E-state index contributed by atoms with van der Waals surface area (Å²) in [6.45, 7) is 4.88. The second kappa shape index (κ2) is 5.25. The van der Waals surface area contributed by atoms with Crippen molar-refractivity contribution in [1.82, 2.24) is 9.88 Å². The first kappa shape index (κ1) is 11.3. The molecule has 1 aliphatic rings. The van der Waals surface area contributed by atoms with Crippen molar-refractivity contribution in [2.75, 3.05) is 19.0 Å². The van der Waals surface area contributed by atoms with E-state index in [-0.39, 0.29) is 12.2 Å². The van der Waals surface area contributed by atoms with Gasteiger partial charge >= 0.3 is 0 Å². The number of halogens is 1. The summed E-state index contributed by atoms with van der Waals surface area (Å²) < 4.78 is 5.69. The molecule has 1 aromatic heterocycles. The fourth-order valence-electron chi connectivity index (χ4n) is 1.88. The molecule has 0 aromatic carbocycles. The van der Waals surface area contributed by atoms with Crippen molar-refractivity contribution < 1.29 is 4.74 Å². The molecule has 84 valence electrons. The van der Waals surface area contributed by atoms with Crippen molar-refractivity contribution in [1.29, 1.82) is 0 Å². The molecule has 1 saturated heterocycles. The van der Waals surface area contributed by atoms with E-state index in [4.69, 9.17) is 16.3 Å². The van der Waals surface area contributed by atoms with E-state index < -0.39 is 0 Å². The van der Waals surface area contributed by atoms with Crippen molar-refractivity contribution >= 4 is 22.9 Å². The van der Waals surface area contributed by atoms with E-state index in [1.54, 1.807) is 11.3 Å². The average molecular weight is 247 g/mol. The van der Waals surface area contributed by atoms with Gasteiger partial charge in [0.1, 0.15) is 5.01 Å². The van der Waals surface area contributed by atoms with Crippen molar-refractivity contribution in [2.45, 2.75) is 25.7 Å². The maximum Gasteiger partial charge on any atom is 0.107 e. The van der Waals surface area contributed by atoms with Crippen LogP contribution in [0.25, 0.3) is 0 Å². The molecule has 3 nitrogen and oxygen atoms in total. The van der Waals surface area contributed by atoms with Crippen molar-refractivity contribution in [2.24, 2.45) is 0 Å². The molecule has 15 heavy (non-hydrogen) atoms. The third-order valence-electron chi connectivity index (χ3n) is 2.42. The van der Waals surface area contributed by atoms with Crippen LogP contribution in [0.2, 0.25) is 0 Å². The Labute approximate surface area is 99.0 Å². The van der Waals surface area contributed by atoms with Gasteiger partial charge in [0, 0.05) is 30.5 Å². The van der Waals surface area contributed by atoms with Gasteiger partial charge in [-0.05, 0) is 6.92 Å². The Balaban J connectivity index is 1.91. The van der Waals surface area contributed by atoms with Crippen LogP contribution in [0, 0.1) is 0 Å². The van der Waals surface area contributed by atoms with Crippen LogP contribution in [0.4, 0.5) is 0 Å². The molecule has 1 aromatic rings. The van der Waals surface area contributed by atoms with Gasteiger partial charge in [-0.2, -0.15) is 0 Å². The molecule has 5 heteroatoms. The SMILES string of the molecule is CC1CN(Cc2nccs2)CC(CCl)O1. The summed E-state index contributed by atoms with van der Waals surface area (Å²) >= 11 is 7.53. The highest BCUT2D eigenvalue weighted by molar-refractivity contribution is 7.09. The van der Waals surface area contributed by atoms with Gasteiger partial charge in [0.15, 0.2) is 0 Å². The minimum absolute atomic E-state index is 0.162. The van der Waals surface area contributed by atoms with E-state index in [0.29, 0.717) is 5.88 Å². The van der Waals surface area contributed by atoms with Gasteiger partial charge < -0.3 is 4.74 Å². The number of ether oxygens (including phenoxy) is 1. The third kappa shape index (κ3) is 3.14. The molecule has 0 N–H and O–H groups in total. The Morgan fingerprint density at radius 2 is 2.53 bits per heavy atom. The van der Waals surface area contributed by atoms with Crippen LogP contribution in [0.3, 0.4) is 0 Å². The number of nitrogens with zero attached hydrogens (tertiary/aromatic N) is 2. The lowest BCUT2D eigenvalue weighted by Gasteiger charge is -2.35. The maximum atomic E-state index is 5.83. The summed E-state index contributed by atoms with van der Waals surface area (Å²) in [7, 11) is 0. The summed E-state index contributed by atoms with van der Waals surface area (Å²) in [6.07, 6.45) is 2.28. The zero-order valence-corrected chi connectivity index (χ0v) is 10.3. The number of aromatic nitrogens is 1. The Morgan fingerprint density at radius 1 is 1.67 bits per heavy atom. The Hall–Kier alpha value is -0.160. The minimum Gasteiger partial charge on any atom is -0.371 e. The first-order chi connectivity index (χ1) is 7.28. The molecule has 0 radical (unpaired) electrons. The molecule has 0 aliphatic carbocycles. The second-order valence-electron chi connectivity index (χ2n) is 3.84. The van der Waals surface area contributed by atoms with Crippen LogP contribution in [-0.4, -0.2) is 41.1 Å². The molecular weight excluding hydrogens is 232 g/mol. The molecule has 2 heterocycles. The average Bonchev–Trinajstić information content (AvgIpc) is 2.69. The highest BCUT2D eigenvalue weighted by Gasteiger charge is 2.24. The second-order valence-corrected chi connectivity index (χ2v) is 5.13. The highest BCUT2D eigenvalue weighted by atomic mass is 35.5. The standard InChI is InChI=1S/C10H15ClN2OS/c1-8-5-13(6-9(4-11)14-8)7-10-12-2-3-15-10/h2-3,8-9H,4-7H2,1H3. The third-order valence-corrected chi connectivity index (χ3v) is 3.52. The topological polar surface area (TPSA) is 25.4 Å². The predicted molar refractivity (Wildman–Crippen MR) is 62.4 cm³/mol. The number of alkyl halides is 1. The van der Waals surface area contributed by atoms with E-state index >= 15 is 0 Å². The monoisotopic (exact) mass is 246 g/mol. The first-order valence-electron chi connectivity index (χ1n) is 5.10. The molecule has 0 spiro atoms. The summed E-state index contributed by atoms with van der Waals surface area (Å²) in [6, 6.07) is 0. The summed E-state index contributed by atoms with van der Waals surface area (Å²) in [4.78, 5) is 6.65. The molecule has 0 saturated carbocycles. The lowest BCUT2D eigenvalue weighted by molar-refractivity contribution is -0.0688. The van der Waals surface area contributed by atoms with Crippen molar-refractivity contribution in [3.8, 4) is 0 Å². The van der Waals surface area contributed by atoms with Gasteiger partial charge in [-0.25, -0.2) is 4.98 Å². The first-order valence-corrected chi connectivity index (χ1v) is 6.51. The van der Waals surface area contributed by atoms with Gasteiger partial charge in [0.05, 0.1) is 18.8 Å². The normalized spacial score (nSPS) is 28.1. The van der Waals surface area contributed by atoms with Gasteiger partial charge in [-0.3, -0.25) is 4.90 Å². The number of rotatable bonds is 3. The van der Waals surface area contributed by atoms with E-state index in [1.807, 2.05) is 11.6 Å².